The van der Waals surface area contributed by atoms with Gasteiger partial charge in [-0.25, -0.2) is 15.9 Å². The van der Waals surface area contributed by atoms with Crippen LogP contribution in [0.4, 0.5) is 10.1 Å². The second kappa shape index (κ2) is 12.7. The van der Waals surface area contributed by atoms with Crippen molar-refractivity contribution < 1.29 is 18.8 Å². The molecule has 3 heterocycles. The lowest BCUT2D eigenvalue weighted by Crippen LogP contribution is -2.38. The van der Waals surface area contributed by atoms with Crippen LogP contribution in [-0.4, -0.2) is 44.6 Å². The van der Waals surface area contributed by atoms with Crippen LogP contribution in [0, 0.1) is 22.6 Å². The summed E-state index contributed by atoms with van der Waals surface area (Å²) in [5, 5.41) is 11.6. The standard InChI is InChI=1S/C22H20FN5O4.3H2S/c1-13(22(29)27-12-15(23)8-20(27)24-2)7-14-10-25-19-5-4-17(9-18(14)19)32-21-6-3-16(11-26-21)28(30)31;;;/h3-6,9-11,13,15,20,25H,7-8,12H2,1H3;3*1H2/t13-,15-,20-;;;/m0.../s1. The predicted molar refractivity (Wildman–Crippen MR) is 145 cm³/mol. The molecule has 1 N–H and O–H groups in total. The summed E-state index contributed by atoms with van der Waals surface area (Å²) >= 11 is 0. The number of carbonyl (C=O) groups is 1. The SMILES string of the molecule is S.S.S.[C-]#[N+][C@@H]1C[C@H](F)CN1C(=O)[C@@H](C)Cc1c[nH]c2ccc(Oc3ccc([N+](=O)[O-])cn3)cc12. The Balaban J connectivity index is 0.00000204. The molecule has 2 aromatic heterocycles. The van der Waals surface area contributed by atoms with Gasteiger partial charge in [0.25, 0.3) is 5.69 Å². The molecule has 0 radical (unpaired) electrons. The predicted octanol–water partition coefficient (Wildman–Crippen LogP) is 4.60. The molecule has 1 aliphatic heterocycles. The molecule has 35 heavy (non-hydrogen) atoms. The summed E-state index contributed by atoms with van der Waals surface area (Å²) < 4.78 is 19.4. The molecule has 1 aromatic carbocycles. The van der Waals surface area contributed by atoms with Crippen molar-refractivity contribution in [2.45, 2.75) is 32.1 Å². The maximum Gasteiger partial charge on any atom is 0.303 e. The molecule has 9 nitrogen and oxygen atoms in total. The number of fused-ring (bicyclic) bond motifs is 1. The van der Waals surface area contributed by atoms with Crippen LogP contribution in [0.25, 0.3) is 15.7 Å². The van der Waals surface area contributed by atoms with Crippen LogP contribution in [0.1, 0.15) is 18.9 Å². The molecule has 4 rings (SSSR count). The van der Waals surface area contributed by atoms with E-state index in [-0.39, 0.29) is 70.9 Å². The van der Waals surface area contributed by atoms with E-state index in [9.17, 15) is 19.3 Å². The summed E-state index contributed by atoms with van der Waals surface area (Å²) in [6, 6.07) is 8.11. The number of hydrogen-bond acceptors (Lipinski definition) is 5. The molecule has 3 atom stereocenters. The molecule has 3 aromatic rings. The first-order valence-electron chi connectivity index (χ1n) is 10.0. The summed E-state index contributed by atoms with van der Waals surface area (Å²) in [4.78, 5) is 34.9. The molecule has 13 heteroatoms. The van der Waals surface area contributed by atoms with Gasteiger partial charge < -0.3 is 9.72 Å². The number of ether oxygens (including phenoxy) is 1. The normalized spacial score (nSPS) is 17.3. The van der Waals surface area contributed by atoms with Gasteiger partial charge in [-0.05, 0) is 30.2 Å². The van der Waals surface area contributed by atoms with Crippen molar-refractivity contribution in [3.05, 3.63) is 69.8 Å². The molecule has 1 saturated heterocycles. The summed E-state index contributed by atoms with van der Waals surface area (Å²) in [6.07, 6.45) is 1.52. The highest BCUT2D eigenvalue weighted by molar-refractivity contribution is 7.59. The minimum absolute atomic E-state index is 0. The molecule has 1 amide bonds. The molecule has 0 bridgehead atoms. The maximum absolute atomic E-state index is 13.7. The number of nitrogens with zero attached hydrogens (tertiary/aromatic N) is 4. The van der Waals surface area contributed by atoms with Gasteiger partial charge in [0.2, 0.25) is 11.8 Å². The number of rotatable bonds is 6. The third-order valence-corrected chi connectivity index (χ3v) is 5.49. The van der Waals surface area contributed by atoms with Gasteiger partial charge in [-0.1, -0.05) is 6.92 Å². The van der Waals surface area contributed by atoms with Crippen LogP contribution in [0.3, 0.4) is 0 Å². The monoisotopic (exact) mass is 539 g/mol. The van der Waals surface area contributed by atoms with Gasteiger partial charge in [0.1, 0.15) is 18.1 Å². The second-order valence-electron chi connectivity index (χ2n) is 7.77. The second-order valence-corrected chi connectivity index (χ2v) is 7.77. The maximum atomic E-state index is 13.7. The van der Waals surface area contributed by atoms with E-state index in [1.165, 1.54) is 17.0 Å². The van der Waals surface area contributed by atoms with Crippen LogP contribution >= 0.6 is 40.5 Å². The van der Waals surface area contributed by atoms with Crippen molar-refractivity contribution in [3.63, 3.8) is 0 Å². The number of amides is 1. The van der Waals surface area contributed by atoms with Gasteiger partial charge in [-0.3, -0.25) is 24.7 Å². The molecular formula is C22H26FN5O4S3. The van der Waals surface area contributed by atoms with Crippen LogP contribution in [-0.2, 0) is 11.2 Å². The highest BCUT2D eigenvalue weighted by Crippen LogP contribution is 2.30. The topological polar surface area (TPSA) is 106 Å². The van der Waals surface area contributed by atoms with Crippen molar-refractivity contribution in [2.24, 2.45) is 5.92 Å². The minimum Gasteiger partial charge on any atom is -0.439 e. The highest BCUT2D eigenvalue weighted by Gasteiger charge is 2.41. The number of nitrogens with one attached hydrogen (secondary N) is 1. The van der Waals surface area contributed by atoms with Crippen LogP contribution in [0.2, 0.25) is 0 Å². The van der Waals surface area contributed by atoms with Crippen molar-refractivity contribution >= 4 is 63.0 Å². The van der Waals surface area contributed by atoms with Gasteiger partial charge in [0.05, 0.1) is 17.9 Å². The molecule has 0 spiro atoms. The number of nitro groups is 1. The molecule has 0 saturated carbocycles. The van der Waals surface area contributed by atoms with Crippen LogP contribution in [0.15, 0.2) is 42.7 Å². The third-order valence-electron chi connectivity index (χ3n) is 5.49. The Kier molecular flexibility index (Phi) is 10.9. The van der Waals surface area contributed by atoms with E-state index in [1.807, 2.05) is 12.3 Å². The number of H-pyrrole nitrogens is 1. The first kappa shape index (κ1) is 30.1. The van der Waals surface area contributed by atoms with Gasteiger partial charge >= 0.3 is 6.17 Å². The Labute approximate surface area is 222 Å². The summed E-state index contributed by atoms with van der Waals surface area (Å²) in [7, 11) is 0. The fraction of sp³-hybridized carbons (Fsp3) is 0.318. The first-order valence-corrected chi connectivity index (χ1v) is 10.0. The minimum atomic E-state index is -1.16. The number of halogens is 1. The van der Waals surface area contributed by atoms with Gasteiger partial charge in [-0.2, -0.15) is 40.5 Å². The average Bonchev–Trinajstić information content (AvgIpc) is 3.36. The lowest BCUT2D eigenvalue weighted by molar-refractivity contribution is -0.385. The number of carbonyl (C=O) groups excluding carboxylic acids is 1. The van der Waals surface area contributed by atoms with Crippen LogP contribution in [0.5, 0.6) is 11.6 Å². The molecule has 0 unspecified atom stereocenters. The smallest absolute Gasteiger partial charge is 0.303 e. The summed E-state index contributed by atoms with van der Waals surface area (Å²) in [6.45, 7) is 8.95. The fourth-order valence-electron chi connectivity index (χ4n) is 3.88. The van der Waals surface area contributed by atoms with Gasteiger partial charge in [0.15, 0.2) is 0 Å². The van der Waals surface area contributed by atoms with Crippen LogP contribution < -0.4 is 4.74 Å². The van der Waals surface area contributed by atoms with Crippen molar-refractivity contribution in [2.75, 3.05) is 6.54 Å². The number of aromatic nitrogens is 2. The Hall–Kier alpha value is -2.95. The van der Waals surface area contributed by atoms with E-state index >= 15 is 0 Å². The van der Waals surface area contributed by atoms with Crippen molar-refractivity contribution in [3.8, 4) is 11.6 Å². The van der Waals surface area contributed by atoms with Crippen molar-refractivity contribution in [1.82, 2.24) is 14.9 Å². The Morgan fingerprint density at radius 2 is 2.11 bits per heavy atom. The third kappa shape index (κ3) is 6.59. The molecule has 0 aliphatic carbocycles. The number of hydrogen-bond donors (Lipinski definition) is 1. The fourth-order valence-corrected chi connectivity index (χ4v) is 3.88. The number of alkyl halides is 1. The van der Waals surface area contributed by atoms with Gasteiger partial charge in [-0.15, -0.1) is 0 Å². The van der Waals surface area contributed by atoms with E-state index < -0.39 is 23.2 Å². The summed E-state index contributed by atoms with van der Waals surface area (Å²) in [5.74, 6) is 0.0505. The zero-order valence-corrected chi connectivity index (χ0v) is 21.7. The molecule has 1 fully saturated rings. The Morgan fingerprint density at radius 3 is 2.74 bits per heavy atom. The molecule has 1 aliphatic rings. The van der Waals surface area contributed by atoms with E-state index in [4.69, 9.17) is 11.3 Å². The summed E-state index contributed by atoms with van der Waals surface area (Å²) in [5.41, 5.74) is 1.61. The van der Waals surface area contributed by atoms with E-state index in [2.05, 4.69) is 14.8 Å². The zero-order chi connectivity index (χ0) is 22.8. The lowest BCUT2D eigenvalue weighted by Gasteiger charge is -2.20. The molecular weight excluding hydrogens is 513 g/mol. The number of pyridine rings is 1. The lowest BCUT2D eigenvalue weighted by atomic mass is 9.99. The average molecular weight is 540 g/mol. The quantitative estimate of drug-likeness (QED) is 0.280. The van der Waals surface area contributed by atoms with E-state index in [0.717, 1.165) is 22.7 Å². The Morgan fingerprint density at radius 1 is 1.37 bits per heavy atom. The van der Waals surface area contributed by atoms with Gasteiger partial charge in [0, 0.05) is 35.2 Å². The number of benzene rings is 1. The van der Waals surface area contributed by atoms with E-state index in [0.29, 0.717) is 12.2 Å². The number of likely N-dealkylation sites (tertiary alicyclic amines) is 1. The highest BCUT2D eigenvalue weighted by atomic mass is 32.1. The number of aromatic amines is 1. The molecule has 188 valence electrons. The zero-order valence-electron chi connectivity index (χ0n) is 18.7. The Bertz CT molecular complexity index is 1220. The largest absolute Gasteiger partial charge is 0.439 e. The van der Waals surface area contributed by atoms with Crippen molar-refractivity contribution in [1.29, 1.82) is 0 Å². The van der Waals surface area contributed by atoms with E-state index in [1.54, 1.807) is 19.1 Å². The first-order chi connectivity index (χ1) is 15.4.